The summed E-state index contributed by atoms with van der Waals surface area (Å²) in [6.07, 6.45) is -2.80. The van der Waals surface area contributed by atoms with Crippen LogP contribution in [0.15, 0.2) is 29.3 Å². The van der Waals surface area contributed by atoms with Crippen molar-refractivity contribution < 1.29 is 22.4 Å². The van der Waals surface area contributed by atoms with Crippen molar-refractivity contribution in [2.75, 3.05) is 33.2 Å². The first-order valence-corrected chi connectivity index (χ1v) is 8.75. The minimum Gasteiger partial charge on any atom is -0.357 e. The second kappa shape index (κ2) is 8.58. The Bertz CT molecular complexity index is 686. The van der Waals surface area contributed by atoms with E-state index >= 15 is 0 Å². The fourth-order valence-electron chi connectivity index (χ4n) is 2.80. The fourth-order valence-corrected chi connectivity index (χ4v) is 2.80. The smallest absolute Gasteiger partial charge is 0.357 e. The number of aliphatic imine (C=N–C) groups is 1. The predicted octanol–water partition coefficient (Wildman–Crippen LogP) is 2.43. The molecule has 150 valence electrons. The number of halogens is 4. The number of rotatable bonds is 7. The molecular weight excluding hydrogens is 364 g/mol. The summed E-state index contributed by atoms with van der Waals surface area (Å²) in [7, 11) is 1.09. The second-order valence-corrected chi connectivity index (χ2v) is 6.67. The number of amides is 1. The molecule has 1 aromatic rings. The number of alkyl halides is 3. The number of carbonyl (C=O) groups excluding carboxylic acids is 1. The Morgan fingerprint density at radius 1 is 1.26 bits per heavy atom. The Balaban J connectivity index is 1.96. The molecule has 0 spiro atoms. The number of hydrogen-bond acceptors (Lipinski definition) is 2. The Morgan fingerprint density at radius 3 is 2.48 bits per heavy atom. The van der Waals surface area contributed by atoms with E-state index in [0.29, 0.717) is 29.5 Å². The number of carbonyl (C=O) groups is 1. The van der Waals surface area contributed by atoms with Crippen molar-refractivity contribution in [3.8, 4) is 0 Å². The molecule has 0 aliphatic heterocycles. The largest absolute Gasteiger partial charge is 0.406 e. The van der Waals surface area contributed by atoms with E-state index in [2.05, 4.69) is 15.6 Å². The van der Waals surface area contributed by atoms with Gasteiger partial charge in [-0.2, -0.15) is 13.2 Å². The van der Waals surface area contributed by atoms with Gasteiger partial charge in [-0.25, -0.2) is 9.38 Å². The van der Waals surface area contributed by atoms with Crippen LogP contribution in [-0.2, 0) is 10.2 Å². The molecule has 0 radical (unpaired) electrons. The third-order valence-corrected chi connectivity index (χ3v) is 4.45. The Morgan fingerprint density at radius 2 is 1.93 bits per heavy atom. The first kappa shape index (κ1) is 21.0. The van der Waals surface area contributed by atoms with Crippen LogP contribution in [0.4, 0.5) is 17.6 Å². The van der Waals surface area contributed by atoms with E-state index in [9.17, 15) is 22.4 Å². The Labute approximate surface area is 155 Å². The van der Waals surface area contributed by atoms with E-state index in [0.717, 1.165) is 19.9 Å². The number of nitrogens with zero attached hydrogens (tertiary/aromatic N) is 2. The lowest BCUT2D eigenvalue weighted by Crippen LogP contribution is -2.42. The molecule has 1 aliphatic carbocycles. The Hall–Kier alpha value is -2.32. The number of guanidine groups is 1. The van der Waals surface area contributed by atoms with Crippen LogP contribution in [-0.4, -0.2) is 56.2 Å². The highest BCUT2D eigenvalue weighted by Crippen LogP contribution is 2.48. The summed E-state index contributed by atoms with van der Waals surface area (Å²) in [6, 6.07) is 6.59. The quantitative estimate of drug-likeness (QED) is 0.429. The molecule has 5 nitrogen and oxygen atoms in total. The lowest BCUT2D eigenvalue weighted by molar-refractivity contribution is -0.157. The maximum atomic E-state index is 14.1. The van der Waals surface area contributed by atoms with Crippen LogP contribution < -0.4 is 10.6 Å². The standard InChI is InChI=1S/C18H24F4N4O/c1-3-23-16(24-10-15(27)26(2)12-18(20,21)22)25-11-17(8-9-17)13-6-4-5-7-14(13)19/h4-7H,3,8-12H2,1-2H3,(H2,23,24,25). The molecule has 27 heavy (non-hydrogen) atoms. The molecular formula is C18H24F4N4O. The van der Waals surface area contributed by atoms with Gasteiger partial charge in [0.2, 0.25) is 5.91 Å². The first-order chi connectivity index (χ1) is 12.7. The van der Waals surface area contributed by atoms with Gasteiger partial charge in [-0.05, 0) is 31.4 Å². The summed E-state index contributed by atoms with van der Waals surface area (Å²) in [5.41, 5.74) is 0.313. The van der Waals surface area contributed by atoms with Crippen LogP contribution in [0.2, 0.25) is 0 Å². The van der Waals surface area contributed by atoms with Crippen LogP contribution >= 0.6 is 0 Å². The Kier molecular flexibility index (Phi) is 6.67. The van der Waals surface area contributed by atoms with Crippen molar-refractivity contribution in [2.24, 2.45) is 4.99 Å². The molecule has 1 aliphatic rings. The summed E-state index contributed by atoms with van der Waals surface area (Å²) in [5, 5.41) is 6.01. The number of nitrogens with one attached hydrogen (secondary N) is 2. The highest BCUT2D eigenvalue weighted by molar-refractivity contribution is 5.85. The van der Waals surface area contributed by atoms with E-state index in [1.807, 2.05) is 6.92 Å². The zero-order valence-corrected chi connectivity index (χ0v) is 15.4. The van der Waals surface area contributed by atoms with E-state index in [-0.39, 0.29) is 11.2 Å². The average Bonchev–Trinajstić information content (AvgIpc) is 3.37. The lowest BCUT2D eigenvalue weighted by atomic mass is 9.95. The maximum absolute atomic E-state index is 14.1. The molecule has 9 heteroatoms. The van der Waals surface area contributed by atoms with E-state index < -0.39 is 25.2 Å². The summed E-state index contributed by atoms with van der Waals surface area (Å²) in [5.74, 6) is -0.684. The first-order valence-electron chi connectivity index (χ1n) is 8.75. The topological polar surface area (TPSA) is 56.7 Å². The highest BCUT2D eigenvalue weighted by Gasteiger charge is 2.45. The van der Waals surface area contributed by atoms with E-state index in [1.54, 1.807) is 18.2 Å². The lowest BCUT2D eigenvalue weighted by Gasteiger charge is -2.20. The molecule has 1 amide bonds. The van der Waals surface area contributed by atoms with Crippen molar-refractivity contribution in [1.29, 1.82) is 0 Å². The van der Waals surface area contributed by atoms with Crippen LogP contribution in [0, 0.1) is 5.82 Å². The van der Waals surface area contributed by atoms with Gasteiger partial charge in [-0.15, -0.1) is 0 Å². The molecule has 2 N–H and O–H groups in total. The molecule has 0 heterocycles. The summed E-state index contributed by atoms with van der Waals surface area (Å²) in [6.45, 7) is 1.05. The molecule has 0 saturated heterocycles. The highest BCUT2D eigenvalue weighted by atomic mass is 19.4. The van der Waals surface area contributed by atoms with Gasteiger partial charge in [0, 0.05) is 25.6 Å². The maximum Gasteiger partial charge on any atom is 0.406 e. The van der Waals surface area contributed by atoms with E-state index in [4.69, 9.17) is 0 Å². The minimum absolute atomic E-state index is 0.261. The summed E-state index contributed by atoms with van der Waals surface area (Å²) >= 11 is 0. The van der Waals surface area contributed by atoms with Crippen molar-refractivity contribution in [3.63, 3.8) is 0 Å². The van der Waals surface area contributed by atoms with Crippen molar-refractivity contribution in [2.45, 2.75) is 31.4 Å². The fraction of sp³-hybridized carbons (Fsp3) is 0.556. The number of likely N-dealkylation sites (N-methyl/N-ethyl adjacent to an activating group) is 1. The van der Waals surface area contributed by atoms with Crippen LogP contribution in [0.1, 0.15) is 25.3 Å². The summed E-state index contributed by atoms with van der Waals surface area (Å²) < 4.78 is 51.1. The van der Waals surface area contributed by atoms with Gasteiger partial charge >= 0.3 is 6.18 Å². The molecule has 2 rings (SSSR count). The van der Waals surface area contributed by atoms with Crippen molar-refractivity contribution >= 4 is 11.9 Å². The van der Waals surface area contributed by atoms with Crippen molar-refractivity contribution in [1.82, 2.24) is 15.5 Å². The molecule has 1 aromatic carbocycles. The molecule has 0 aromatic heterocycles. The number of benzene rings is 1. The van der Waals surface area contributed by atoms with Gasteiger partial charge in [0.1, 0.15) is 18.9 Å². The third-order valence-electron chi connectivity index (χ3n) is 4.45. The van der Waals surface area contributed by atoms with Gasteiger partial charge < -0.3 is 15.5 Å². The van der Waals surface area contributed by atoms with E-state index in [1.165, 1.54) is 6.07 Å². The average molecular weight is 388 g/mol. The molecule has 1 fully saturated rings. The van der Waals surface area contributed by atoms with Crippen LogP contribution in [0.25, 0.3) is 0 Å². The van der Waals surface area contributed by atoms with Gasteiger partial charge in [0.25, 0.3) is 0 Å². The number of hydrogen-bond donors (Lipinski definition) is 2. The van der Waals surface area contributed by atoms with Crippen LogP contribution in [0.3, 0.4) is 0 Å². The van der Waals surface area contributed by atoms with Gasteiger partial charge in [-0.1, -0.05) is 18.2 Å². The van der Waals surface area contributed by atoms with Crippen LogP contribution in [0.5, 0.6) is 0 Å². The monoisotopic (exact) mass is 388 g/mol. The minimum atomic E-state index is -4.45. The SMILES string of the molecule is CCNC(=NCC(=O)N(C)CC(F)(F)F)NCC1(c2ccccc2F)CC1. The van der Waals surface area contributed by atoms with Crippen molar-refractivity contribution in [3.05, 3.63) is 35.6 Å². The zero-order valence-electron chi connectivity index (χ0n) is 15.4. The third kappa shape index (κ3) is 6.11. The normalized spacial score (nSPS) is 16.0. The molecule has 0 unspecified atom stereocenters. The molecule has 0 bridgehead atoms. The van der Waals surface area contributed by atoms with Gasteiger partial charge in [0.15, 0.2) is 5.96 Å². The predicted molar refractivity (Wildman–Crippen MR) is 95.0 cm³/mol. The zero-order chi connectivity index (χ0) is 20.1. The van der Waals surface area contributed by atoms with Gasteiger partial charge in [-0.3, -0.25) is 4.79 Å². The summed E-state index contributed by atoms with van der Waals surface area (Å²) in [4.78, 5) is 16.5. The van der Waals surface area contributed by atoms with Gasteiger partial charge in [0.05, 0.1) is 0 Å². The molecule has 0 atom stereocenters. The molecule has 1 saturated carbocycles. The second-order valence-electron chi connectivity index (χ2n) is 6.67.